The van der Waals surface area contributed by atoms with Crippen molar-refractivity contribution in [1.82, 2.24) is 15.1 Å². The van der Waals surface area contributed by atoms with E-state index in [0.29, 0.717) is 13.0 Å². The summed E-state index contributed by atoms with van der Waals surface area (Å²) in [6, 6.07) is 8.21. The number of carbonyl (C=O) groups is 1. The smallest absolute Gasteiger partial charge is 0.223 e. The average molecular weight is 342 g/mol. The van der Waals surface area contributed by atoms with Gasteiger partial charge in [-0.1, -0.05) is 25.1 Å². The zero-order valence-corrected chi connectivity index (χ0v) is 16.3. The maximum Gasteiger partial charge on any atom is 0.223 e. The minimum Gasteiger partial charge on any atom is -0.375 e. The van der Waals surface area contributed by atoms with E-state index in [9.17, 15) is 4.79 Å². The lowest BCUT2D eigenvalue weighted by molar-refractivity contribution is -0.124. The third kappa shape index (κ3) is 4.41. The molecule has 1 amide bonds. The number of hydrogen-bond donors (Lipinski definition) is 1. The first-order chi connectivity index (χ1) is 11.8. The van der Waals surface area contributed by atoms with Crippen LogP contribution in [0.1, 0.15) is 36.4 Å². The van der Waals surface area contributed by atoms with Gasteiger partial charge in [0.15, 0.2) is 0 Å². The van der Waals surface area contributed by atoms with E-state index in [1.54, 1.807) is 0 Å². The van der Waals surface area contributed by atoms with Crippen molar-refractivity contribution in [3.63, 3.8) is 0 Å². The van der Waals surface area contributed by atoms with Gasteiger partial charge in [-0.15, -0.1) is 0 Å². The lowest BCUT2D eigenvalue weighted by Gasteiger charge is -2.21. The van der Waals surface area contributed by atoms with Crippen LogP contribution >= 0.6 is 0 Å². The Morgan fingerprint density at radius 3 is 2.60 bits per heavy atom. The molecule has 0 bridgehead atoms. The predicted molar refractivity (Wildman–Crippen MR) is 103 cm³/mol. The number of anilines is 1. The molecule has 1 N–H and O–H groups in total. The van der Waals surface area contributed by atoms with Gasteiger partial charge in [0.2, 0.25) is 5.91 Å². The molecule has 1 atom stereocenters. The topological polar surface area (TPSA) is 50.2 Å². The normalized spacial score (nSPS) is 12.1. The summed E-state index contributed by atoms with van der Waals surface area (Å²) < 4.78 is 1.88. The number of carbonyl (C=O) groups excluding carboxylic acids is 1. The van der Waals surface area contributed by atoms with E-state index in [-0.39, 0.29) is 11.8 Å². The second-order valence-electron chi connectivity index (χ2n) is 6.74. The van der Waals surface area contributed by atoms with E-state index in [1.807, 2.05) is 37.7 Å². The van der Waals surface area contributed by atoms with Crippen LogP contribution in [0.5, 0.6) is 0 Å². The Balaban J connectivity index is 2.01. The molecule has 1 heterocycles. The summed E-state index contributed by atoms with van der Waals surface area (Å²) in [5.41, 5.74) is 5.62. The second-order valence-corrected chi connectivity index (χ2v) is 6.74. The Morgan fingerprint density at radius 2 is 2.00 bits per heavy atom. The summed E-state index contributed by atoms with van der Waals surface area (Å²) in [4.78, 5) is 14.7. The number of aromatic nitrogens is 2. The molecule has 5 nitrogen and oxygen atoms in total. The summed E-state index contributed by atoms with van der Waals surface area (Å²) in [7, 11) is 4.01. The maximum atomic E-state index is 12.5. The molecule has 0 aliphatic carbocycles. The van der Waals surface area contributed by atoms with Crippen LogP contribution in [0.4, 0.5) is 5.69 Å². The molecule has 2 aromatic rings. The molecule has 0 saturated heterocycles. The standard InChI is InChI=1S/C20H30N4O/c1-7-23(5)19-11-9-8-10-17(19)13-21-20(25)14(2)12-18-15(3)22-24(6)16(18)4/h8-11,14H,7,12-13H2,1-6H3,(H,21,25). The molecule has 0 aliphatic rings. The van der Waals surface area contributed by atoms with E-state index < -0.39 is 0 Å². The largest absolute Gasteiger partial charge is 0.375 e. The van der Waals surface area contributed by atoms with Gasteiger partial charge in [-0.05, 0) is 44.4 Å². The van der Waals surface area contributed by atoms with E-state index in [2.05, 4.69) is 48.3 Å². The van der Waals surface area contributed by atoms with Crippen molar-refractivity contribution < 1.29 is 4.79 Å². The molecule has 0 radical (unpaired) electrons. The van der Waals surface area contributed by atoms with Crippen molar-refractivity contribution in [3.05, 3.63) is 46.8 Å². The third-order valence-corrected chi connectivity index (χ3v) is 4.95. The zero-order valence-electron chi connectivity index (χ0n) is 16.3. The Labute approximate surface area is 151 Å². The molecule has 5 heteroatoms. The monoisotopic (exact) mass is 342 g/mol. The molecular formula is C20H30N4O. The fourth-order valence-electron chi connectivity index (χ4n) is 3.07. The highest BCUT2D eigenvalue weighted by molar-refractivity contribution is 5.78. The van der Waals surface area contributed by atoms with Crippen molar-refractivity contribution in [2.24, 2.45) is 13.0 Å². The van der Waals surface area contributed by atoms with Crippen molar-refractivity contribution in [1.29, 1.82) is 0 Å². The molecule has 2 rings (SSSR count). The third-order valence-electron chi connectivity index (χ3n) is 4.95. The number of nitrogens with one attached hydrogen (secondary N) is 1. The van der Waals surface area contributed by atoms with E-state index in [1.165, 1.54) is 5.56 Å². The molecule has 0 spiro atoms. The van der Waals surface area contributed by atoms with Gasteiger partial charge >= 0.3 is 0 Å². The highest BCUT2D eigenvalue weighted by Gasteiger charge is 2.18. The summed E-state index contributed by atoms with van der Waals surface area (Å²) in [5, 5.41) is 7.53. The molecule has 0 aliphatic heterocycles. The second kappa shape index (κ2) is 8.19. The number of hydrogen-bond acceptors (Lipinski definition) is 3. The average Bonchev–Trinajstić information content (AvgIpc) is 2.85. The van der Waals surface area contributed by atoms with Gasteiger partial charge in [-0.3, -0.25) is 9.48 Å². The van der Waals surface area contributed by atoms with Gasteiger partial charge in [-0.25, -0.2) is 0 Å². The Hall–Kier alpha value is -2.30. The van der Waals surface area contributed by atoms with Crippen LogP contribution in [0.25, 0.3) is 0 Å². The number of benzene rings is 1. The van der Waals surface area contributed by atoms with Gasteiger partial charge in [0.25, 0.3) is 0 Å². The van der Waals surface area contributed by atoms with Crippen molar-refractivity contribution in [3.8, 4) is 0 Å². The lowest BCUT2D eigenvalue weighted by Crippen LogP contribution is -2.31. The first kappa shape index (κ1) is 19.0. The van der Waals surface area contributed by atoms with Crippen LogP contribution in [-0.4, -0.2) is 29.3 Å². The van der Waals surface area contributed by atoms with Crippen LogP contribution in [0, 0.1) is 19.8 Å². The van der Waals surface area contributed by atoms with Gasteiger partial charge < -0.3 is 10.2 Å². The first-order valence-electron chi connectivity index (χ1n) is 8.90. The summed E-state index contributed by atoms with van der Waals surface area (Å²) in [6.07, 6.45) is 0.716. The number of rotatable bonds is 7. The van der Waals surface area contributed by atoms with Gasteiger partial charge in [-0.2, -0.15) is 5.10 Å². The summed E-state index contributed by atoms with van der Waals surface area (Å²) in [6.45, 7) is 9.64. The number of aryl methyl sites for hydroxylation is 2. The predicted octanol–water partition coefficient (Wildman–Crippen LogP) is 2.99. The number of amides is 1. The van der Waals surface area contributed by atoms with E-state index in [0.717, 1.165) is 29.2 Å². The molecule has 136 valence electrons. The van der Waals surface area contributed by atoms with E-state index in [4.69, 9.17) is 0 Å². The maximum absolute atomic E-state index is 12.5. The van der Waals surface area contributed by atoms with Crippen LogP contribution in [0.3, 0.4) is 0 Å². The van der Waals surface area contributed by atoms with Gasteiger partial charge in [0.1, 0.15) is 0 Å². The SMILES string of the molecule is CCN(C)c1ccccc1CNC(=O)C(C)Cc1c(C)nn(C)c1C. The van der Waals surface area contributed by atoms with Crippen LogP contribution < -0.4 is 10.2 Å². The van der Waals surface area contributed by atoms with Crippen LogP contribution in [0.2, 0.25) is 0 Å². The minimum atomic E-state index is -0.0855. The molecular weight excluding hydrogens is 312 g/mol. The van der Waals surface area contributed by atoms with Crippen molar-refractivity contribution >= 4 is 11.6 Å². The zero-order chi connectivity index (χ0) is 18.6. The quantitative estimate of drug-likeness (QED) is 0.841. The van der Waals surface area contributed by atoms with E-state index >= 15 is 0 Å². The molecule has 0 fully saturated rings. The molecule has 1 aromatic carbocycles. The highest BCUT2D eigenvalue weighted by atomic mass is 16.1. The summed E-state index contributed by atoms with van der Waals surface area (Å²) in [5.74, 6) is -0.00530. The number of nitrogens with zero attached hydrogens (tertiary/aromatic N) is 3. The lowest BCUT2D eigenvalue weighted by atomic mass is 9.98. The van der Waals surface area contributed by atoms with Crippen LogP contribution in [0.15, 0.2) is 24.3 Å². The number of para-hydroxylation sites is 1. The highest BCUT2D eigenvalue weighted by Crippen LogP contribution is 2.20. The van der Waals surface area contributed by atoms with Crippen LogP contribution in [-0.2, 0) is 24.8 Å². The Morgan fingerprint density at radius 1 is 1.32 bits per heavy atom. The van der Waals surface area contributed by atoms with Gasteiger partial charge in [0.05, 0.1) is 5.69 Å². The van der Waals surface area contributed by atoms with Crippen molar-refractivity contribution in [2.45, 2.75) is 40.7 Å². The Bertz CT molecular complexity index is 735. The fourth-order valence-corrected chi connectivity index (χ4v) is 3.07. The summed E-state index contributed by atoms with van der Waals surface area (Å²) >= 11 is 0. The van der Waals surface area contributed by atoms with Crippen molar-refractivity contribution in [2.75, 3.05) is 18.5 Å². The minimum absolute atomic E-state index is 0.0802. The molecule has 25 heavy (non-hydrogen) atoms. The molecule has 0 saturated carbocycles. The first-order valence-corrected chi connectivity index (χ1v) is 8.90. The Kier molecular flexibility index (Phi) is 6.23. The van der Waals surface area contributed by atoms with Gasteiger partial charge in [0, 0.05) is 44.5 Å². The molecule has 1 aromatic heterocycles. The fraction of sp³-hybridized carbons (Fsp3) is 0.500. The molecule has 1 unspecified atom stereocenters.